The largest absolute Gasteiger partial charge is 0.377 e. The molecule has 2 aromatic rings. The van der Waals surface area contributed by atoms with Gasteiger partial charge in [0, 0.05) is 30.5 Å². The molecule has 0 saturated carbocycles. The van der Waals surface area contributed by atoms with E-state index in [1.54, 1.807) is 0 Å². The smallest absolute Gasteiger partial charge is 0.306 e. The van der Waals surface area contributed by atoms with Gasteiger partial charge in [0.05, 0.1) is 15.9 Å². The number of ether oxygens (including phenoxy) is 1. The predicted molar refractivity (Wildman–Crippen MR) is 102 cm³/mol. The number of nitro benzene ring substituents is 1. The molecule has 0 bridgehead atoms. The van der Waals surface area contributed by atoms with Crippen molar-refractivity contribution in [2.75, 3.05) is 18.5 Å². The molecule has 2 N–H and O–H groups in total. The molecule has 1 saturated heterocycles. The van der Waals surface area contributed by atoms with Crippen molar-refractivity contribution in [1.29, 1.82) is 0 Å². The SMILES string of the molecule is O=C(Nc1ccc(F)c([N+](=O)[O-])c1)c1ccc(S(=O)(=O)NCC2CCCO2)cc1. The van der Waals surface area contributed by atoms with Crippen molar-refractivity contribution in [2.45, 2.75) is 23.8 Å². The monoisotopic (exact) mass is 423 g/mol. The highest BCUT2D eigenvalue weighted by Gasteiger charge is 2.21. The van der Waals surface area contributed by atoms with Crippen molar-refractivity contribution in [3.63, 3.8) is 0 Å². The summed E-state index contributed by atoms with van der Waals surface area (Å²) in [7, 11) is -3.75. The molecular formula is C18H18FN3O6S. The van der Waals surface area contributed by atoms with Crippen LogP contribution in [-0.2, 0) is 14.8 Å². The first-order chi connectivity index (χ1) is 13.8. The molecule has 11 heteroatoms. The van der Waals surface area contributed by atoms with Crippen LogP contribution in [0.5, 0.6) is 0 Å². The quantitative estimate of drug-likeness (QED) is 0.520. The Morgan fingerprint density at radius 1 is 1.24 bits per heavy atom. The van der Waals surface area contributed by atoms with E-state index in [4.69, 9.17) is 4.74 Å². The van der Waals surface area contributed by atoms with Crippen molar-refractivity contribution in [3.05, 3.63) is 64.0 Å². The molecule has 1 unspecified atom stereocenters. The van der Waals surface area contributed by atoms with Gasteiger partial charge in [-0.25, -0.2) is 13.1 Å². The summed E-state index contributed by atoms with van der Waals surface area (Å²) >= 11 is 0. The lowest BCUT2D eigenvalue weighted by atomic mass is 10.2. The van der Waals surface area contributed by atoms with E-state index in [0.29, 0.717) is 6.61 Å². The first-order valence-corrected chi connectivity index (χ1v) is 10.2. The van der Waals surface area contributed by atoms with Crippen LogP contribution in [-0.4, -0.2) is 38.5 Å². The van der Waals surface area contributed by atoms with E-state index in [0.717, 1.165) is 25.0 Å². The highest BCUT2D eigenvalue weighted by Crippen LogP contribution is 2.22. The van der Waals surface area contributed by atoms with E-state index in [9.17, 15) is 27.7 Å². The minimum atomic E-state index is -3.75. The standard InChI is InChI=1S/C18H18FN3O6S/c19-16-8-5-13(10-17(16)22(24)25)21-18(23)12-3-6-15(7-4-12)29(26,27)20-11-14-2-1-9-28-14/h3-8,10,14,20H,1-2,9,11H2,(H,21,23). The van der Waals surface area contributed by atoms with Gasteiger partial charge < -0.3 is 10.1 Å². The molecule has 0 spiro atoms. The number of sulfonamides is 1. The fraction of sp³-hybridized carbons (Fsp3) is 0.278. The van der Waals surface area contributed by atoms with E-state index in [2.05, 4.69) is 10.0 Å². The zero-order valence-corrected chi connectivity index (χ0v) is 15.9. The normalized spacial score (nSPS) is 16.5. The molecule has 0 radical (unpaired) electrons. The van der Waals surface area contributed by atoms with E-state index in [-0.39, 0.29) is 28.8 Å². The van der Waals surface area contributed by atoms with Crippen LogP contribution in [0.4, 0.5) is 15.8 Å². The lowest BCUT2D eigenvalue weighted by Crippen LogP contribution is -2.31. The Hall–Kier alpha value is -2.89. The molecule has 0 aliphatic carbocycles. The van der Waals surface area contributed by atoms with Gasteiger partial charge in [0.1, 0.15) is 0 Å². The molecule has 1 aliphatic rings. The highest BCUT2D eigenvalue weighted by atomic mass is 32.2. The second-order valence-electron chi connectivity index (χ2n) is 6.39. The Balaban J connectivity index is 1.67. The third kappa shape index (κ3) is 5.13. The maximum absolute atomic E-state index is 13.4. The van der Waals surface area contributed by atoms with E-state index in [1.807, 2.05) is 0 Å². The van der Waals surface area contributed by atoms with Crippen molar-refractivity contribution < 1.29 is 27.3 Å². The second kappa shape index (κ2) is 8.64. The number of rotatable bonds is 7. The number of carbonyl (C=O) groups excluding carboxylic acids is 1. The number of hydrogen-bond donors (Lipinski definition) is 2. The molecule has 1 amide bonds. The molecule has 0 aromatic heterocycles. The summed E-state index contributed by atoms with van der Waals surface area (Å²) in [6.07, 6.45) is 1.55. The number of nitro groups is 1. The summed E-state index contributed by atoms with van der Waals surface area (Å²) in [4.78, 5) is 22.2. The molecular weight excluding hydrogens is 405 g/mol. The van der Waals surface area contributed by atoms with Gasteiger partial charge in [-0.2, -0.15) is 4.39 Å². The summed E-state index contributed by atoms with van der Waals surface area (Å²) in [5.41, 5.74) is -0.588. The van der Waals surface area contributed by atoms with Gasteiger partial charge in [0.25, 0.3) is 5.91 Å². The molecule has 9 nitrogen and oxygen atoms in total. The zero-order chi connectivity index (χ0) is 21.0. The third-order valence-electron chi connectivity index (χ3n) is 4.35. The van der Waals surface area contributed by atoms with Crippen LogP contribution < -0.4 is 10.0 Å². The Kier molecular flexibility index (Phi) is 6.20. The van der Waals surface area contributed by atoms with E-state index in [1.165, 1.54) is 30.3 Å². The van der Waals surface area contributed by atoms with Crippen LogP contribution in [0.1, 0.15) is 23.2 Å². The lowest BCUT2D eigenvalue weighted by Gasteiger charge is -2.12. The number of halogens is 1. The summed E-state index contributed by atoms with van der Waals surface area (Å²) in [6.45, 7) is 0.793. The maximum Gasteiger partial charge on any atom is 0.306 e. The Bertz CT molecular complexity index is 1020. The number of anilines is 1. The van der Waals surface area contributed by atoms with Crippen molar-refractivity contribution in [3.8, 4) is 0 Å². The first-order valence-electron chi connectivity index (χ1n) is 8.73. The van der Waals surface area contributed by atoms with Crippen LogP contribution in [0, 0.1) is 15.9 Å². The zero-order valence-electron chi connectivity index (χ0n) is 15.1. The Morgan fingerprint density at radius 2 is 1.97 bits per heavy atom. The van der Waals surface area contributed by atoms with Crippen LogP contribution in [0.2, 0.25) is 0 Å². The Morgan fingerprint density at radius 3 is 2.59 bits per heavy atom. The van der Waals surface area contributed by atoms with E-state index >= 15 is 0 Å². The Labute approximate surface area is 166 Å². The maximum atomic E-state index is 13.4. The fourth-order valence-corrected chi connectivity index (χ4v) is 3.88. The highest BCUT2D eigenvalue weighted by molar-refractivity contribution is 7.89. The van der Waals surface area contributed by atoms with Gasteiger partial charge in [-0.15, -0.1) is 0 Å². The van der Waals surface area contributed by atoms with Crippen LogP contribution in [0.3, 0.4) is 0 Å². The number of amides is 1. The predicted octanol–water partition coefficient (Wildman–Crippen LogP) is 2.44. The molecule has 3 rings (SSSR count). The molecule has 1 aliphatic heterocycles. The van der Waals surface area contributed by atoms with Gasteiger partial charge >= 0.3 is 5.69 Å². The van der Waals surface area contributed by atoms with Gasteiger partial charge in [-0.1, -0.05) is 0 Å². The molecule has 154 valence electrons. The summed E-state index contributed by atoms with van der Waals surface area (Å²) in [5, 5.41) is 13.2. The first kappa shape index (κ1) is 20.8. The lowest BCUT2D eigenvalue weighted by molar-refractivity contribution is -0.387. The molecule has 29 heavy (non-hydrogen) atoms. The van der Waals surface area contributed by atoms with Crippen LogP contribution >= 0.6 is 0 Å². The van der Waals surface area contributed by atoms with Gasteiger partial charge in [0.15, 0.2) is 0 Å². The van der Waals surface area contributed by atoms with Gasteiger partial charge in [-0.05, 0) is 49.2 Å². The van der Waals surface area contributed by atoms with Crippen LogP contribution in [0.15, 0.2) is 47.4 Å². The average Bonchev–Trinajstić information content (AvgIpc) is 3.21. The molecule has 1 heterocycles. The van der Waals surface area contributed by atoms with Crippen molar-refractivity contribution >= 4 is 27.3 Å². The number of nitrogens with zero attached hydrogens (tertiary/aromatic N) is 1. The summed E-state index contributed by atoms with van der Waals surface area (Å²) in [6, 6.07) is 8.15. The topological polar surface area (TPSA) is 128 Å². The second-order valence-corrected chi connectivity index (χ2v) is 8.16. The number of hydrogen-bond acceptors (Lipinski definition) is 6. The van der Waals surface area contributed by atoms with Gasteiger partial charge in [0.2, 0.25) is 15.8 Å². The molecule has 2 aromatic carbocycles. The number of benzene rings is 2. The minimum Gasteiger partial charge on any atom is -0.377 e. The van der Waals surface area contributed by atoms with Gasteiger partial charge in [-0.3, -0.25) is 14.9 Å². The minimum absolute atomic E-state index is 0.00975. The van der Waals surface area contributed by atoms with Crippen LogP contribution in [0.25, 0.3) is 0 Å². The van der Waals surface area contributed by atoms with E-state index < -0.39 is 32.4 Å². The third-order valence-corrected chi connectivity index (χ3v) is 5.79. The molecule has 1 atom stereocenters. The summed E-state index contributed by atoms with van der Waals surface area (Å²) in [5.74, 6) is -1.64. The van der Waals surface area contributed by atoms with Crippen molar-refractivity contribution in [1.82, 2.24) is 4.72 Å². The molecule has 1 fully saturated rings. The fourth-order valence-electron chi connectivity index (χ4n) is 2.81. The number of carbonyl (C=O) groups is 1. The van der Waals surface area contributed by atoms with Crippen molar-refractivity contribution in [2.24, 2.45) is 0 Å². The number of nitrogens with one attached hydrogen (secondary N) is 2. The average molecular weight is 423 g/mol. The summed E-state index contributed by atoms with van der Waals surface area (Å²) < 4.78 is 45.9.